The Bertz CT molecular complexity index is 794. The molecule has 0 atom stereocenters. The van der Waals surface area contributed by atoms with E-state index in [2.05, 4.69) is 16.2 Å². The molecule has 0 saturated carbocycles. The van der Waals surface area contributed by atoms with Crippen LogP contribution in [0.2, 0.25) is 0 Å². The number of nitrogens with one attached hydrogen (secondary N) is 1. The van der Waals surface area contributed by atoms with E-state index in [1.165, 1.54) is 10.4 Å². The molecule has 0 radical (unpaired) electrons. The molecule has 1 aliphatic heterocycles. The van der Waals surface area contributed by atoms with Gasteiger partial charge in [-0.2, -0.15) is 0 Å². The molecule has 22 heavy (non-hydrogen) atoms. The molecular formula is C15H16N2O3S2. The van der Waals surface area contributed by atoms with Crippen molar-refractivity contribution in [2.45, 2.75) is 13.0 Å². The summed E-state index contributed by atoms with van der Waals surface area (Å²) in [4.78, 5) is 15.7. The van der Waals surface area contributed by atoms with Gasteiger partial charge in [0.05, 0.1) is 6.26 Å². The largest absolute Gasteiger partial charge is 0.334 e. The third-order valence-corrected chi connectivity index (χ3v) is 5.16. The summed E-state index contributed by atoms with van der Waals surface area (Å²) in [5, 5.41) is 2.06. The molecule has 5 nitrogen and oxygen atoms in total. The van der Waals surface area contributed by atoms with Gasteiger partial charge in [-0.3, -0.25) is 9.52 Å². The fraction of sp³-hybridized carbons (Fsp3) is 0.267. The number of carbonyl (C=O) groups excluding carboxylic acids is 1. The molecule has 0 bridgehead atoms. The van der Waals surface area contributed by atoms with Crippen molar-refractivity contribution < 1.29 is 13.2 Å². The summed E-state index contributed by atoms with van der Waals surface area (Å²) in [5.41, 5.74) is 2.25. The zero-order chi connectivity index (χ0) is 15.7. The highest BCUT2D eigenvalue weighted by Gasteiger charge is 2.22. The van der Waals surface area contributed by atoms with Gasteiger partial charge in [0, 0.05) is 29.2 Å². The molecular weight excluding hydrogens is 320 g/mol. The predicted octanol–water partition coefficient (Wildman–Crippen LogP) is 2.32. The second-order valence-corrected chi connectivity index (χ2v) is 8.05. The average molecular weight is 336 g/mol. The minimum atomic E-state index is -3.30. The second-order valence-electron chi connectivity index (χ2n) is 5.30. The quantitative estimate of drug-likeness (QED) is 0.935. The fourth-order valence-corrected chi connectivity index (χ4v) is 3.95. The summed E-state index contributed by atoms with van der Waals surface area (Å²) in [5.74, 6) is -0.0252. The van der Waals surface area contributed by atoms with Crippen LogP contribution in [0.5, 0.6) is 0 Å². The zero-order valence-electron chi connectivity index (χ0n) is 12.1. The first-order valence-electron chi connectivity index (χ1n) is 6.85. The molecule has 2 heterocycles. The van der Waals surface area contributed by atoms with Crippen LogP contribution in [0.3, 0.4) is 0 Å². The van der Waals surface area contributed by atoms with E-state index >= 15 is 0 Å². The molecule has 7 heteroatoms. The number of nitrogens with zero attached hydrogens (tertiary/aromatic N) is 1. The van der Waals surface area contributed by atoms with Crippen LogP contribution in [0.15, 0.2) is 35.7 Å². The number of anilines is 1. The van der Waals surface area contributed by atoms with Crippen LogP contribution in [0, 0.1) is 0 Å². The first-order valence-corrected chi connectivity index (χ1v) is 9.62. The van der Waals surface area contributed by atoms with Crippen LogP contribution in [0.25, 0.3) is 0 Å². The number of amides is 1. The van der Waals surface area contributed by atoms with Crippen LogP contribution in [-0.2, 0) is 23.0 Å². The molecule has 0 spiro atoms. The van der Waals surface area contributed by atoms with Crippen molar-refractivity contribution in [3.8, 4) is 0 Å². The number of sulfonamides is 1. The Morgan fingerprint density at radius 3 is 2.64 bits per heavy atom. The standard InChI is InChI=1S/C15H16N2O3S2/c1-22(19,20)16-13-4-2-11(3-5-13)15(18)17-8-6-14-12(10-17)7-9-21-14/h2-5,7,9,16H,6,8,10H2,1H3. The van der Waals surface area contributed by atoms with E-state index in [4.69, 9.17) is 0 Å². The van der Waals surface area contributed by atoms with Gasteiger partial charge in [0.25, 0.3) is 5.91 Å². The van der Waals surface area contributed by atoms with E-state index in [0.717, 1.165) is 19.2 Å². The molecule has 1 amide bonds. The summed E-state index contributed by atoms with van der Waals surface area (Å²) in [6, 6.07) is 8.58. The highest BCUT2D eigenvalue weighted by Crippen LogP contribution is 2.25. The minimum absolute atomic E-state index is 0.0252. The van der Waals surface area contributed by atoms with Gasteiger partial charge in [0.15, 0.2) is 0 Å². The monoisotopic (exact) mass is 336 g/mol. The van der Waals surface area contributed by atoms with Crippen LogP contribution < -0.4 is 4.72 Å². The van der Waals surface area contributed by atoms with Crippen molar-refractivity contribution in [2.75, 3.05) is 17.5 Å². The number of rotatable bonds is 3. The molecule has 1 aromatic heterocycles. The molecule has 0 aliphatic carbocycles. The second kappa shape index (κ2) is 5.73. The van der Waals surface area contributed by atoms with Gasteiger partial charge in [0.2, 0.25) is 10.0 Å². The Hall–Kier alpha value is -1.86. The van der Waals surface area contributed by atoms with Gasteiger partial charge in [-0.1, -0.05) is 0 Å². The van der Waals surface area contributed by atoms with Crippen LogP contribution in [0.4, 0.5) is 5.69 Å². The number of carbonyl (C=O) groups is 1. The molecule has 1 N–H and O–H groups in total. The summed E-state index contributed by atoms with van der Waals surface area (Å²) in [6.07, 6.45) is 1.99. The van der Waals surface area contributed by atoms with E-state index in [1.807, 2.05) is 4.90 Å². The number of hydrogen-bond donors (Lipinski definition) is 1. The van der Waals surface area contributed by atoms with Crippen molar-refractivity contribution in [1.29, 1.82) is 0 Å². The van der Waals surface area contributed by atoms with Gasteiger partial charge in [0.1, 0.15) is 0 Å². The van der Waals surface area contributed by atoms with Crippen molar-refractivity contribution in [2.24, 2.45) is 0 Å². The lowest BCUT2D eigenvalue weighted by atomic mass is 10.1. The topological polar surface area (TPSA) is 66.5 Å². The maximum Gasteiger partial charge on any atom is 0.254 e. The van der Waals surface area contributed by atoms with E-state index in [9.17, 15) is 13.2 Å². The fourth-order valence-electron chi connectivity index (χ4n) is 2.50. The first-order chi connectivity index (χ1) is 10.4. The van der Waals surface area contributed by atoms with Gasteiger partial charge in [-0.15, -0.1) is 11.3 Å². The molecule has 0 saturated heterocycles. The van der Waals surface area contributed by atoms with Crippen LogP contribution in [-0.4, -0.2) is 32.0 Å². The number of hydrogen-bond acceptors (Lipinski definition) is 4. The van der Waals surface area contributed by atoms with Crippen LogP contribution in [0.1, 0.15) is 20.8 Å². The van der Waals surface area contributed by atoms with Crippen molar-refractivity contribution in [3.63, 3.8) is 0 Å². The van der Waals surface area contributed by atoms with Crippen molar-refractivity contribution in [1.82, 2.24) is 4.90 Å². The number of thiophene rings is 1. The third kappa shape index (κ3) is 3.31. The Morgan fingerprint density at radius 1 is 1.23 bits per heavy atom. The lowest BCUT2D eigenvalue weighted by Gasteiger charge is -2.27. The lowest BCUT2D eigenvalue weighted by Crippen LogP contribution is -2.35. The van der Waals surface area contributed by atoms with E-state index in [1.54, 1.807) is 35.6 Å². The van der Waals surface area contributed by atoms with Gasteiger partial charge in [-0.25, -0.2) is 8.42 Å². The van der Waals surface area contributed by atoms with E-state index < -0.39 is 10.0 Å². The molecule has 116 valence electrons. The maximum absolute atomic E-state index is 12.5. The number of benzene rings is 1. The zero-order valence-corrected chi connectivity index (χ0v) is 13.7. The Morgan fingerprint density at radius 2 is 1.95 bits per heavy atom. The van der Waals surface area contributed by atoms with E-state index in [0.29, 0.717) is 17.8 Å². The predicted molar refractivity (Wildman–Crippen MR) is 87.7 cm³/mol. The van der Waals surface area contributed by atoms with Crippen molar-refractivity contribution >= 4 is 33.0 Å². The SMILES string of the molecule is CS(=O)(=O)Nc1ccc(C(=O)N2CCc3sccc3C2)cc1. The van der Waals surface area contributed by atoms with Crippen molar-refractivity contribution in [3.05, 3.63) is 51.7 Å². The molecule has 1 aliphatic rings. The van der Waals surface area contributed by atoms with Gasteiger partial charge >= 0.3 is 0 Å². The maximum atomic E-state index is 12.5. The summed E-state index contributed by atoms with van der Waals surface area (Å²) < 4.78 is 24.7. The Balaban J connectivity index is 1.73. The average Bonchev–Trinajstić information content (AvgIpc) is 2.93. The van der Waals surface area contributed by atoms with Gasteiger partial charge in [-0.05, 0) is 47.7 Å². The summed E-state index contributed by atoms with van der Waals surface area (Å²) in [6.45, 7) is 1.36. The summed E-state index contributed by atoms with van der Waals surface area (Å²) in [7, 11) is -3.30. The first kappa shape index (κ1) is 15.1. The number of fused-ring (bicyclic) bond motifs is 1. The minimum Gasteiger partial charge on any atom is -0.334 e. The normalized spacial score (nSPS) is 14.5. The molecule has 0 fully saturated rings. The molecule has 3 rings (SSSR count). The Labute approximate surface area is 133 Å². The molecule has 0 unspecified atom stereocenters. The molecule has 2 aromatic rings. The smallest absolute Gasteiger partial charge is 0.254 e. The lowest BCUT2D eigenvalue weighted by molar-refractivity contribution is 0.0736. The van der Waals surface area contributed by atoms with E-state index in [-0.39, 0.29) is 5.91 Å². The molecule has 1 aromatic carbocycles. The highest BCUT2D eigenvalue weighted by molar-refractivity contribution is 7.92. The summed E-state index contributed by atoms with van der Waals surface area (Å²) >= 11 is 1.74. The third-order valence-electron chi connectivity index (χ3n) is 3.53. The van der Waals surface area contributed by atoms with Crippen LogP contribution >= 0.6 is 11.3 Å². The Kier molecular flexibility index (Phi) is 3.92. The van der Waals surface area contributed by atoms with Gasteiger partial charge < -0.3 is 4.90 Å². The highest BCUT2D eigenvalue weighted by atomic mass is 32.2.